The van der Waals surface area contributed by atoms with E-state index in [1.54, 1.807) is 38.4 Å². The molecule has 0 unspecified atom stereocenters. The predicted octanol–water partition coefficient (Wildman–Crippen LogP) is 0.677. The summed E-state index contributed by atoms with van der Waals surface area (Å²) in [6.45, 7) is 0.0762. The molecule has 0 bridgehead atoms. The van der Waals surface area contributed by atoms with Crippen LogP contribution in [-0.2, 0) is 4.79 Å². The summed E-state index contributed by atoms with van der Waals surface area (Å²) < 4.78 is 5.02. The van der Waals surface area contributed by atoms with Crippen molar-refractivity contribution in [2.75, 3.05) is 25.6 Å². The average Bonchev–Trinajstić information content (AvgIpc) is 2.46. The number of urea groups is 1. The number of aliphatic hydroxyl groups excluding tert-OH is 1. The van der Waals surface area contributed by atoms with Crippen molar-refractivity contribution in [1.82, 2.24) is 5.32 Å². The highest BCUT2D eigenvalue weighted by Crippen LogP contribution is 2.17. The Labute approximate surface area is 116 Å². The van der Waals surface area contributed by atoms with E-state index in [9.17, 15) is 9.59 Å². The van der Waals surface area contributed by atoms with Gasteiger partial charge in [0.05, 0.1) is 7.11 Å². The van der Waals surface area contributed by atoms with Crippen molar-refractivity contribution in [2.45, 2.75) is 12.5 Å². The molecule has 1 rings (SSSR count). The molecule has 0 saturated carbocycles. The minimum Gasteiger partial charge on any atom is -0.497 e. The third kappa shape index (κ3) is 4.43. The van der Waals surface area contributed by atoms with Gasteiger partial charge in [-0.25, -0.2) is 9.59 Å². The fourth-order valence-electron chi connectivity index (χ4n) is 1.48. The van der Waals surface area contributed by atoms with Gasteiger partial charge in [0.25, 0.3) is 0 Å². The Hall–Kier alpha value is -2.28. The van der Waals surface area contributed by atoms with Crippen molar-refractivity contribution >= 4 is 17.7 Å². The zero-order valence-electron chi connectivity index (χ0n) is 11.4. The van der Waals surface area contributed by atoms with Crippen molar-refractivity contribution in [2.24, 2.45) is 0 Å². The lowest BCUT2D eigenvalue weighted by Crippen LogP contribution is -2.39. The van der Waals surface area contributed by atoms with Gasteiger partial charge in [-0.15, -0.1) is 0 Å². The van der Waals surface area contributed by atoms with Crippen LogP contribution in [0, 0.1) is 0 Å². The number of carboxylic acid groups (broad SMARTS) is 1. The van der Waals surface area contributed by atoms with Crippen LogP contribution in [-0.4, -0.2) is 49.0 Å². The second-order valence-electron chi connectivity index (χ2n) is 4.13. The zero-order chi connectivity index (χ0) is 15.1. The van der Waals surface area contributed by atoms with Crippen molar-refractivity contribution < 1.29 is 24.5 Å². The number of rotatable bonds is 6. The Bertz CT molecular complexity index is 460. The molecular formula is C13H18N2O5. The number of benzene rings is 1. The summed E-state index contributed by atoms with van der Waals surface area (Å²) in [6.07, 6.45) is -1.51. The second-order valence-corrected chi connectivity index (χ2v) is 4.13. The summed E-state index contributed by atoms with van der Waals surface area (Å²) >= 11 is 0. The van der Waals surface area contributed by atoms with Gasteiger partial charge in [-0.3, -0.25) is 4.90 Å². The first-order valence-corrected chi connectivity index (χ1v) is 6.02. The molecule has 0 heterocycles. The van der Waals surface area contributed by atoms with Crippen molar-refractivity contribution in [3.63, 3.8) is 0 Å². The maximum atomic E-state index is 11.8. The molecule has 0 fully saturated rings. The lowest BCUT2D eigenvalue weighted by Gasteiger charge is -2.18. The third-order valence-corrected chi connectivity index (χ3v) is 2.74. The summed E-state index contributed by atoms with van der Waals surface area (Å²) in [5.74, 6) is -0.616. The highest BCUT2D eigenvalue weighted by molar-refractivity contribution is 5.91. The maximum absolute atomic E-state index is 11.8. The standard InChI is InChI=1S/C13H18N2O5/c1-15(9-3-5-10(20-2)6-4-9)13(19)14-8-7-11(16)12(17)18/h3-6,11,16H,7-8H2,1-2H3,(H,14,19)(H,17,18)/t11-/m0/s1. The molecule has 3 N–H and O–H groups in total. The van der Waals surface area contributed by atoms with E-state index in [0.29, 0.717) is 11.4 Å². The molecule has 2 amide bonds. The zero-order valence-corrected chi connectivity index (χ0v) is 11.4. The number of nitrogens with zero attached hydrogens (tertiary/aromatic N) is 1. The molecule has 0 aliphatic rings. The Morgan fingerprint density at radius 3 is 2.45 bits per heavy atom. The van der Waals surface area contributed by atoms with E-state index in [1.807, 2.05) is 0 Å². The normalized spacial score (nSPS) is 11.6. The van der Waals surface area contributed by atoms with E-state index in [0.717, 1.165) is 0 Å². The number of ether oxygens (including phenoxy) is 1. The number of aliphatic hydroxyl groups is 1. The van der Waals surface area contributed by atoms with E-state index < -0.39 is 12.1 Å². The molecule has 20 heavy (non-hydrogen) atoms. The van der Waals surface area contributed by atoms with Crippen molar-refractivity contribution in [3.8, 4) is 5.75 Å². The molecule has 0 spiro atoms. The highest BCUT2D eigenvalue weighted by Gasteiger charge is 2.14. The Balaban J connectivity index is 2.47. The number of nitrogens with one attached hydrogen (secondary N) is 1. The number of carbonyl (C=O) groups excluding carboxylic acids is 1. The molecular weight excluding hydrogens is 264 g/mol. The van der Waals surface area contributed by atoms with E-state index in [1.165, 1.54) is 4.90 Å². The lowest BCUT2D eigenvalue weighted by molar-refractivity contribution is -0.146. The number of aliphatic carboxylic acids is 1. The average molecular weight is 282 g/mol. The summed E-state index contributed by atoms with van der Waals surface area (Å²) in [5, 5.41) is 20.1. The number of methoxy groups -OCH3 is 1. The van der Waals surface area contributed by atoms with E-state index >= 15 is 0 Å². The number of carbonyl (C=O) groups is 2. The van der Waals surface area contributed by atoms with Gasteiger partial charge >= 0.3 is 12.0 Å². The van der Waals surface area contributed by atoms with E-state index in [4.69, 9.17) is 14.9 Å². The third-order valence-electron chi connectivity index (χ3n) is 2.74. The summed E-state index contributed by atoms with van der Waals surface area (Å²) in [5.41, 5.74) is 0.669. The van der Waals surface area contributed by atoms with Crippen LogP contribution in [0.25, 0.3) is 0 Å². The smallest absolute Gasteiger partial charge is 0.332 e. The van der Waals surface area contributed by atoms with E-state index in [-0.39, 0.29) is 19.0 Å². The largest absolute Gasteiger partial charge is 0.497 e. The number of carboxylic acids is 1. The van der Waals surface area contributed by atoms with Crippen LogP contribution < -0.4 is 15.0 Å². The van der Waals surface area contributed by atoms with Gasteiger partial charge in [-0.1, -0.05) is 0 Å². The molecule has 0 aliphatic carbocycles. The molecule has 7 heteroatoms. The minimum absolute atomic E-state index is 0.0441. The van der Waals surface area contributed by atoms with Crippen LogP contribution in [0.2, 0.25) is 0 Å². The molecule has 1 aromatic carbocycles. The maximum Gasteiger partial charge on any atom is 0.332 e. The fourth-order valence-corrected chi connectivity index (χ4v) is 1.48. The monoisotopic (exact) mass is 282 g/mol. The van der Waals surface area contributed by atoms with Crippen LogP contribution in [0.5, 0.6) is 5.75 Å². The number of hydrogen-bond donors (Lipinski definition) is 3. The number of amides is 2. The van der Waals surface area contributed by atoms with Crippen molar-refractivity contribution in [1.29, 1.82) is 0 Å². The van der Waals surface area contributed by atoms with Gasteiger partial charge in [0, 0.05) is 25.7 Å². The Morgan fingerprint density at radius 2 is 1.95 bits per heavy atom. The van der Waals surface area contributed by atoms with Gasteiger partial charge in [-0.05, 0) is 24.3 Å². The SMILES string of the molecule is COc1ccc(N(C)C(=O)NCC[C@H](O)C(=O)O)cc1. The van der Waals surface area contributed by atoms with Crippen LogP contribution in [0.4, 0.5) is 10.5 Å². The van der Waals surface area contributed by atoms with Crippen molar-refractivity contribution in [3.05, 3.63) is 24.3 Å². The Morgan fingerprint density at radius 1 is 1.35 bits per heavy atom. The topological polar surface area (TPSA) is 99.1 Å². The first kappa shape index (κ1) is 15.8. The summed E-state index contributed by atoms with van der Waals surface area (Å²) in [7, 11) is 3.14. The molecule has 1 atom stereocenters. The van der Waals surface area contributed by atoms with Gasteiger partial charge in [-0.2, -0.15) is 0 Å². The van der Waals surface area contributed by atoms with Crippen LogP contribution >= 0.6 is 0 Å². The molecule has 110 valence electrons. The molecule has 0 aromatic heterocycles. The number of anilines is 1. The van der Waals surface area contributed by atoms with Gasteiger partial charge in [0.1, 0.15) is 5.75 Å². The molecule has 1 aromatic rings. The van der Waals surface area contributed by atoms with Crippen LogP contribution in [0.15, 0.2) is 24.3 Å². The Kier molecular flexibility index (Phi) is 5.79. The minimum atomic E-state index is -1.47. The summed E-state index contributed by atoms with van der Waals surface area (Å²) in [6, 6.07) is 6.53. The summed E-state index contributed by atoms with van der Waals surface area (Å²) in [4.78, 5) is 23.6. The molecule has 0 saturated heterocycles. The molecule has 0 aliphatic heterocycles. The number of hydrogen-bond acceptors (Lipinski definition) is 4. The molecule has 7 nitrogen and oxygen atoms in total. The second kappa shape index (κ2) is 7.34. The highest BCUT2D eigenvalue weighted by atomic mass is 16.5. The first-order chi connectivity index (χ1) is 9.45. The van der Waals surface area contributed by atoms with Gasteiger partial charge < -0.3 is 20.3 Å². The lowest BCUT2D eigenvalue weighted by atomic mass is 10.2. The molecule has 0 radical (unpaired) electrons. The van der Waals surface area contributed by atoms with Crippen LogP contribution in [0.3, 0.4) is 0 Å². The van der Waals surface area contributed by atoms with Gasteiger partial charge in [0.15, 0.2) is 6.10 Å². The fraction of sp³-hybridized carbons (Fsp3) is 0.385. The van der Waals surface area contributed by atoms with E-state index in [2.05, 4.69) is 5.32 Å². The quantitative estimate of drug-likeness (QED) is 0.712. The van der Waals surface area contributed by atoms with Gasteiger partial charge in [0.2, 0.25) is 0 Å². The first-order valence-electron chi connectivity index (χ1n) is 6.02. The van der Waals surface area contributed by atoms with Crippen LogP contribution in [0.1, 0.15) is 6.42 Å². The predicted molar refractivity (Wildman–Crippen MR) is 73.1 cm³/mol.